The molecule has 0 saturated heterocycles. The van der Waals surface area contributed by atoms with Crippen molar-refractivity contribution in [2.45, 2.75) is 26.2 Å². The van der Waals surface area contributed by atoms with Crippen LogP contribution in [0.3, 0.4) is 0 Å². The van der Waals surface area contributed by atoms with Gasteiger partial charge in [0.2, 0.25) is 0 Å². The van der Waals surface area contributed by atoms with Gasteiger partial charge < -0.3 is 5.11 Å². The number of rotatable bonds is 0. The Balaban J connectivity index is 2.80. The van der Waals surface area contributed by atoms with Gasteiger partial charge in [-0.15, -0.1) is 0 Å². The number of aromatic hydroxyl groups is 1. The van der Waals surface area contributed by atoms with Gasteiger partial charge in [0, 0.05) is 11.6 Å². The van der Waals surface area contributed by atoms with E-state index in [1.54, 1.807) is 12.1 Å². The van der Waals surface area contributed by atoms with Gasteiger partial charge in [0.05, 0.1) is 5.52 Å². The summed E-state index contributed by atoms with van der Waals surface area (Å²) in [7, 11) is 0. The summed E-state index contributed by atoms with van der Waals surface area (Å²) in [5.41, 5.74) is 2.21. The Morgan fingerprint density at radius 2 is 1.87 bits per heavy atom. The lowest BCUT2D eigenvalue weighted by molar-refractivity contribution is 0.476. The van der Waals surface area contributed by atoms with E-state index in [-0.39, 0.29) is 5.41 Å². The van der Waals surface area contributed by atoms with E-state index in [0.29, 0.717) is 5.75 Å². The van der Waals surface area contributed by atoms with E-state index in [0.717, 1.165) is 10.9 Å². The van der Waals surface area contributed by atoms with E-state index in [1.807, 2.05) is 18.3 Å². The normalized spacial score (nSPS) is 11.9. The van der Waals surface area contributed by atoms with Gasteiger partial charge in [-0.2, -0.15) is 0 Å². The molecule has 0 aliphatic heterocycles. The Kier molecular flexibility index (Phi) is 2.14. The van der Waals surface area contributed by atoms with Crippen molar-refractivity contribution in [2.24, 2.45) is 0 Å². The van der Waals surface area contributed by atoms with E-state index in [2.05, 4.69) is 25.8 Å². The zero-order valence-corrected chi connectivity index (χ0v) is 9.28. The molecule has 0 amide bonds. The van der Waals surface area contributed by atoms with Crippen molar-refractivity contribution < 1.29 is 5.11 Å². The van der Waals surface area contributed by atoms with Gasteiger partial charge in [-0.05, 0) is 35.2 Å². The van der Waals surface area contributed by atoms with Gasteiger partial charge in [0.25, 0.3) is 0 Å². The lowest BCUT2D eigenvalue weighted by Crippen LogP contribution is -2.11. The quantitative estimate of drug-likeness (QED) is 0.709. The third kappa shape index (κ3) is 1.80. The highest BCUT2D eigenvalue weighted by molar-refractivity contribution is 5.84. The summed E-state index contributed by atoms with van der Waals surface area (Å²) >= 11 is 0. The molecule has 2 nitrogen and oxygen atoms in total. The lowest BCUT2D eigenvalue weighted by atomic mass is 9.85. The van der Waals surface area contributed by atoms with Crippen LogP contribution >= 0.6 is 0 Å². The Morgan fingerprint density at radius 1 is 1.13 bits per heavy atom. The number of hydrogen-bond acceptors (Lipinski definition) is 2. The summed E-state index contributed by atoms with van der Waals surface area (Å²) in [5, 5.41) is 10.5. The summed E-state index contributed by atoms with van der Waals surface area (Å²) in [4.78, 5) is 4.29. The number of fused-ring (bicyclic) bond motifs is 1. The Morgan fingerprint density at radius 3 is 2.53 bits per heavy atom. The summed E-state index contributed by atoms with van der Waals surface area (Å²) in [6, 6.07) is 7.31. The van der Waals surface area contributed by atoms with Gasteiger partial charge in [0.15, 0.2) is 0 Å². The molecule has 0 aliphatic carbocycles. The van der Waals surface area contributed by atoms with E-state index in [4.69, 9.17) is 0 Å². The minimum absolute atomic E-state index is 0.0645. The summed E-state index contributed by atoms with van der Waals surface area (Å²) < 4.78 is 0. The zero-order valence-electron chi connectivity index (χ0n) is 9.28. The molecule has 2 aromatic rings. The van der Waals surface area contributed by atoms with Crippen LogP contribution in [0.15, 0.2) is 30.5 Å². The molecule has 1 N–H and O–H groups in total. The van der Waals surface area contributed by atoms with Crippen molar-refractivity contribution >= 4 is 10.9 Å². The van der Waals surface area contributed by atoms with Gasteiger partial charge in [-0.25, -0.2) is 0 Å². The predicted octanol–water partition coefficient (Wildman–Crippen LogP) is 3.24. The highest BCUT2D eigenvalue weighted by atomic mass is 16.3. The fourth-order valence-electron chi connectivity index (χ4n) is 1.79. The molecule has 2 heteroatoms. The molecule has 2 rings (SSSR count). The summed E-state index contributed by atoms with van der Waals surface area (Å²) in [6.45, 7) is 6.48. The van der Waals surface area contributed by atoms with Crippen LogP contribution in [0.2, 0.25) is 0 Å². The van der Waals surface area contributed by atoms with E-state index >= 15 is 0 Å². The molecule has 0 bridgehead atoms. The number of phenolic OH excluding ortho intramolecular Hbond substituents is 1. The first-order valence-corrected chi connectivity index (χ1v) is 5.07. The third-order valence-corrected chi connectivity index (χ3v) is 2.53. The molecule has 0 saturated carbocycles. The van der Waals surface area contributed by atoms with E-state index in [9.17, 15) is 5.11 Å². The van der Waals surface area contributed by atoms with Crippen molar-refractivity contribution in [1.29, 1.82) is 0 Å². The first kappa shape index (κ1) is 9.97. The molecule has 0 atom stereocenters. The largest absolute Gasteiger partial charge is 0.508 e. The molecule has 0 radical (unpaired) electrons. The Labute approximate surface area is 89.6 Å². The maximum absolute atomic E-state index is 9.49. The average Bonchev–Trinajstić information content (AvgIpc) is 2.15. The number of aromatic nitrogens is 1. The molecule has 1 aromatic heterocycles. The van der Waals surface area contributed by atoms with Crippen molar-refractivity contribution in [3.05, 3.63) is 36.0 Å². The average molecular weight is 201 g/mol. The number of pyridine rings is 1. The topological polar surface area (TPSA) is 33.1 Å². The molecule has 15 heavy (non-hydrogen) atoms. The maximum Gasteiger partial charge on any atom is 0.116 e. The minimum atomic E-state index is 0.0645. The molecule has 0 fully saturated rings. The highest BCUT2D eigenvalue weighted by Gasteiger charge is 2.16. The predicted molar refractivity (Wildman–Crippen MR) is 62.1 cm³/mol. The van der Waals surface area contributed by atoms with Crippen LogP contribution in [-0.4, -0.2) is 10.1 Å². The van der Waals surface area contributed by atoms with Gasteiger partial charge in [-0.1, -0.05) is 20.8 Å². The molecular weight excluding hydrogens is 186 g/mol. The Bertz CT molecular complexity index is 497. The van der Waals surface area contributed by atoms with Crippen molar-refractivity contribution in [3.8, 4) is 5.75 Å². The standard InChI is InChI=1S/C13H15NO/c1-13(2,3)11-6-7-14-12-5-4-9(15)8-10(11)12/h4-8,15H,1-3H3. The van der Waals surface area contributed by atoms with Crippen LogP contribution in [0.5, 0.6) is 5.75 Å². The fraction of sp³-hybridized carbons (Fsp3) is 0.308. The minimum Gasteiger partial charge on any atom is -0.508 e. The van der Waals surface area contributed by atoms with Crippen molar-refractivity contribution in [1.82, 2.24) is 4.98 Å². The van der Waals surface area contributed by atoms with Crippen LogP contribution in [0, 0.1) is 0 Å². The van der Waals surface area contributed by atoms with Gasteiger partial charge in [-0.3, -0.25) is 4.98 Å². The first-order valence-electron chi connectivity index (χ1n) is 5.07. The van der Waals surface area contributed by atoms with Crippen molar-refractivity contribution in [2.75, 3.05) is 0 Å². The van der Waals surface area contributed by atoms with Gasteiger partial charge in [0.1, 0.15) is 5.75 Å². The lowest BCUT2D eigenvalue weighted by Gasteiger charge is -2.20. The number of benzene rings is 1. The second-order valence-electron chi connectivity index (χ2n) is 4.81. The van der Waals surface area contributed by atoms with Crippen LogP contribution in [0.1, 0.15) is 26.3 Å². The Hall–Kier alpha value is -1.57. The number of hydrogen-bond donors (Lipinski definition) is 1. The zero-order chi connectivity index (χ0) is 11.1. The molecule has 78 valence electrons. The van der Waals surface area contributed by atoms with E-state index in [1.165, 1.54) is 5.56 Å². The summed E-state index contributed by atoms with van der Waals surface area (Å²) in [6.07, 6.45) is 1.82. The van der Waals surface area contributed by atoms with Crippen LogP contribution in [0.4, 0.5) is 0 Å². The second-order valence-corrected chi connectivity index (χ2v) is 4.81. The molecule has 0 spiro atoms. The van der Waals surface area contributed by atoms with Gasteiger partial charge >= 0.3 is 0 Å². The molecule has 0 unspecified atom stereocenters. The maximum atomic E-state index is 9.49. The monoisotopic (exact) mass is 201 g/mol. The van der Waals surface area contributed by atoms with E-state index < -0.39 is 0 Å². The van der Waals surface area contributed by atoms with Crippen LogP contribution < -0.4 is 0 Å². The summed E-state index contributed by atoms with van der Waals surface area (Å²) in [5.74, 6) is 0.293. The van der Waals surface area contributed by atoms with Crippen molar-refractivity contribution in [3.63, 3.8) is 0 Å². The molecular formula is C13H15NO. The van der Waals surface area contributed by atoms with Crippen LogP contribution in [0.25, 0.3) is 10.9 Å². The molecule has 1 aromatic carbocycles. The second kappa shape index (κ2) is 3.23. The number of phenols is 1. The first-order chi connectivity index (χ1) is 6.98. The fourth-order valence-corrected chi connectivity index (χ4v) is 1.79. The molecule has 0 aliphatic rings. The molecule has 1 heterocycles. The highest BCUT2D eigenvalue weighted by Crippen LogP contribution is 2.30. The number of nitrogens with zero attached hydrogens (tertiary/aromatic N) is 1. The smallest absolute Gasteiger partial charge is 0.116 e. The third-order valence-electron chi connectivity index (χ3n) is 2.53. The van der Waals surface area contributed by atoms with Crippen LogP contribution in [-0.2, 0) is 5.41 Å². The SMILES string of the molecule is CC(C)(C)c1ccnc2ccc(O)cc12.